The highest BCUT2D eigenvalue weighted by atomic mass is 35.5. The number of nitrogens with one attached hydrogen (secondary N) is 1. The minimum atomic E-state index is -0.0149. The quantitative estimate of drug-likeness (QED) is 0.660. The standard InChI is InChI=1S/C11H9ClN4S/c12-7-1-2-9(8(5-7)11(13)14)17-10-6-15-3-4-16-10/h1-6H,(H3,13,14). The van der Waals surface area contributed by atoms with Crippen molar-refractivity contribution in [3.05, 3.63) is 47.4 Å². The highest BCUT2D eigenvalue weighted by Crippen LogP contribution is 2.30. The second kappa shape index (κ2) is 5.16. The second-order valence-electron chi connectivity index (χ2n) is 3.20. The van der Waals surface area contributed by atoms with Crippen molar-refractivity contribution in [3.8, 4) is 0 Å². The number of amidine groups is 1. The van der Waals surface area contributed by atoms with Gasteiger partial charge in [0, 0.05) is 27.9 Å². The molecule has 3 N–H and O–H groups in total. The molecule has 0 bridgehead atoms. The summed E-state index contributed by atoms with van der Waals surface area (Å²) in [6.07, 6.45) is 4.88. The number of nitrogen functional groups attached to an aromatic ring is 1. The lowest BCUT2D eigenvalue weighted by Gasteiger charge is -2.07. The first-order valence-corrected chi connectivity index (χ1v) is 5.94. The van der Waals surface area contributed by atoms with Crippen LogP contribution in [0.15, 0.2) is 46.7 Å². The molecule has 2 rings (SSSR count). The van der Waals surface area contributed by atoms with Crippen LogP contribution in [-0.4, -0.2) is 15.8 Å². The summed E-state index contributed by atoms with van der Waals surface area (Å²) < 4.78 is 0. The molecule has 0 aliphatic rings. The fourth-order valence-corrected chi connectivity index (χ4v) is 2.29. The van der Waals surface area contributed by atoms with Gasteiger partial charge in [0.1, 0.15) is 10.9 Å². The molecule has 1 aromatic carbocycles. The number of rotatable bonds is 3. The number of halogens is 1. The third-order valence-corrected chi connectivity index (χ3v) is 3.22. The SMILES string of the molecule is N=C(N)c1cc(Cl)ccc1Sc1cnccn1. The molecule has 0 aliphatic heterocycles. The lowest BCUT2D eigenvalue weighted by Crippen LogP contribution is -2.12. The van der Waals surface area contributed by atoms with Gasteiger partial charge in [-0.25, -0.2) is 4.98 Å². The van der Waals surface area contributed by atoms with Crippen LogP contribution in [0.5, 0.6) is 0 Å². The molecule has 2 aromatic rings. The normalized spacial score (nSPS) is 10.2. The van der Waals surface area contributed by atoms with Crippen LogP contribution in [0.3, 0.4) is 0 Å². The molecule has 6 heteroatoms. The number of benzene rings is 1. The van der Waals surface area contributed by atoms with Gasteiger partial charge in [0.2, 0.25) is 0 Å². The molecule has 0 amide bonds. The minimum absolute atomic E-state index is 0.0149. The van der Waals surface area contributed by atoms with Crippen LogP contribution in [-0.2, 0) is 0 Å². The molecule has 1 aromatic heterocycles. The maximum Gasteiger partial charge on any atom is 0.123 e. The van der Waals surface area contributed by atoms with Crippen molar-refractivity contribution in [1.82, 2.24) is 9.97 Å². The van der Waals surface area contributed by atoms with Crippen LogP contribution in [0.25, 0.3) is 0 Å². The fourth-order valence-electron chi connectivity index (χ4n) is 1.25. The van der Waals surface area contributed by atoms with E-state index in [2.05, 4.69) is 9.97 Å². The summed E-state index contributed by atoms with van der Waals surface area (Å²) >= 11 is 7.27. The van der Waals surface area contributed by atoms with Crippen molar-refractivity contribution in [3.63, 3.8) is 0 Å². The third kappa shape index (κ3) is 2.95. The zero-order valence-electron chi connectivity index (χ0n) is 8.72. The van der Waals surface area contributed by atoms with E-state index in [4.69, 9.17) is 22.7 Å². The third-order valence-electron chi connectivity index (χ3n) is 1.99. The molecule has 0 unspecified atom stereocenters. The second-order valence-corrected chi connectivity index (χ2v) is 4.70. The van der Waals surface area contributed by atoms with E-state index in [1.54, 1.807) is 30.7 Å². The Morgan fingerprint density at radius 2 is 2.18 bits per heavy atom. The van der Waals surface area contributed by atoms with E-state index < -0.39 is 0 Å². The smallest absolute Gasteiger partial charge is 0.123 e. The first-order valence-electron chi connectivity index (χ1n) is 4.74. The molecule has 0 atom stereocenters. The van der Waals surface area contributed by atoms with E-state index in [-0.39, 0.29) is 5.84 Å². The summed E-state index contributed by atoms with van der Waals surface area (Å²) in [6.45, 7) is 0. The average Bonchev–Trinajstić information content (AvgIpc) is 2.32. The fraction of sp³-hybridized carbons (Fsp3) is 0. The van der Waals surface area contributed by atoms with Crippen LogP contribution in [0.4, 0.5) is 0 Å². The Hall–Kier alpha value is -1.59. The molecule has 4 nitrogen and oxygen atoms in total. The number of aromatic nitrogens is 2. The first-order chi connectivity index (χ1) is 8.16. The van der Waals surface area contributed by atoms with Crippen LogP contribution in [0.1, 0.15) is 5.56 Å². The van der Waals surface area contributed by atoms with E-state index in [1.807, 2.05) is 6.07 Å². The van der Waals surface area contributed by atoms with Gasteiger partial charge in [0.15, 0.2) is 0 Å². The Morgan fingerprint density at radius 3 is 2.82 bits per heavy atom. The molecule has 1 heterocycles. The molecule has 0 aliphatic carbocycles. The van der Waals surface area contributed by atoms with Gasteiger partial charge in [-0.15, -0.1) is 0 Å². The Kier molecular flexibility index (Phi) is 3.61. The van der Waals surface area contributed by atoms with E-state index in [1.165, 1.54) is 11.8 Å². The predicted octanol–water partition coefficient (Wildman–Crippen LogP) is 2.57. The zero-order valence-corrected chi connectivity index (χ0v) is 10.3. The number of nitrogens with zero attached hydrogens (tertiary/aromatic N) is 2. The lowest BCUT2D eigenvalue weighted by molar-refractivity contribution is 1.05. The van der Waals surface area contributed by atoms with Crippen molar-refractivity contribution in [1.29, 1.82) is 5.41 Å². The van der Waals surface area contributed by atoms with Crippen LogP contribution in [0, 0.1) is 5.41 Å². The first kappa shape index (κ1) is 11.9. The van der Waals surface area contributed by atoms with E-state index in [0.29, 0.717) is 10.6 Å². The number of nitrogens with two attached hydrogens (primary N) is 1. The van der Waals surface area contributed by atoms with Crippen LogP contribution >= 0.6 is 23.4 Å². The zero-order chi connectivity index (χ0) is 12.3. The molecule has 0 fully saturated rings. The van der Waals surface area contributed by atoms with Gasteiger partial charge < -0.3 is 5.73 Å². The summed E-state index contributed by atoms with van der Waals surface area (Å²) in [5.41, 5.74) is 6.12. The van der Waals surface area contributed by atoms with E-state index in [0.717, 1.165) is 9.92 Å². The molecular weight excluding hydrogens is 256 g/mol. The topological polar surface area (TPSA) is 75.7 Å². The largest absolute Gasteiger partial charge is 0.384 e. The number of hydrogen-bond acceptors (Lipinski definition) is 4. The Morgan fingerprint density at radius 1 is 1.35 bits per heavy atom. The minimum Gasteiger partial charge on any atom is -0.384 e. The highest BCUT2D eigenvalue weighted by molar-refractivity contribution is 7.99. The molecular formula is C11H9ClN4S. The lowest BCUT2D eigenvalue weighted by atomic mass is 10.2. The van der Waals surface area contributed by atoms with Crippen molar-refractivity contribution in [2.24, 2.45) is 5.73 Å². The molecule has 0 radical (unpaired) electrons. The van der Waals surface area contributed by atoms with Gasteiger partial charge in [0.05, 0.1) is 6.20 Å². The molecule has 0 saturated heterocycles. The summed E-state index contributed by atoms with van der Waals surface area (Å²) in [7, 11) is 0. The van der Waals surface area contributed by atoms with Gasteiger partial charge >= 0.3 is 0 Å². The van der Waals surface area contributed by atoms with E-state index >= 15 is 0 Å². The molecule has 17 heavy (non-hydrogen) atoms. The molecule has 0 saturated carbocycles. The van der Waals surface area contributed by atoms with Gasteiger partial charge in [-0.05, 0) is 18.2 Å². The van der Waals surface area contributed by atoms with Crippen molar-refractivity contribution in [2.45, 2.75) is 9.92 Å². The Balaban J connectivity index is 2.36. The Bertz CT molecular complexity index is 544. The summed E-state index contributed by atoms with van der Waals surface area (Å²) in [5.74, 6) is -0.0149. The monoisotopic (exact) mass is 264 g/mol. The Labute approximate surface area is 108 Å². The highest BCUT2D eigenvalue weighted by Gasteiger charge is 2.08. The summed E-state index contributed by atoms with van der Waals surface area (Å²) in [6, 6.07) is 5.24. The van der Waals surface area contributed by atoms with Crippen molar-refractivity contribution in [2.75, 3.05) is 0 Å². The number of hydrogen-bond donors (Lipinski definition) is 2. The van der Waals surface area contributed by atoms with E-state index in [9.17, 15) is 0 Å². The summed E-state index contributed by atoms with van der Waals surface area (Å²) in [5, 5.41) is 8.81. The predicted molar refractivity (Wildman–Crippen MR) is 68.6 cm³/mol. The van der Waals surface area contributed by atoms with Crippen molar-refractivity contribution < 1.29 is 0 Å². The summed E-state index contributed by atoms with van der Waals surface area (Å²) in [4.78, 5) is 8.97. The maximum atomic E-state index is 7.51. The van der Waals surface area contributed by atoms with Gasteiger partial charge in [-0.2, -0.15) is 0 Å². The van der Waals surface area contributed by atoms with Gasteiger partial charge in [-0.3, -0.25) is 10.4 Å². The van der Waals surface area contributed by atoms with Gasteiger partial charge in [-0.1, -0.05) is 23.4 Å². The molecule has 0 spiro atoms. The van der Waals surface area contributed by atoms with Crippen LogP contribution < -0.4 is 5.73 Å². The average molecular weight is 265 g/mol. The van der Waals surface area contributed by atoms with Crippen LogP contribution in [0.2, 0.25) is 5.02 Å². The van der Waals surface area contributed by atoms with Gasteiger partial charge in [0.25, 0.3) is 0 Å². The maximum absolute atomic E-state index is 7.51. The molecule has 86 valence electrons. The van der Waals surface area contributed by atoms with Crippen molar-refractivity contribution >= 4 is 29.2 Å².